The number of anilines is 1. The van der Waals surface area contributed by atoms with Gasteiger partial charge in [0.2, 0.25) is 11.8 Å². The topological polar surface area (TPSA) is 70.6 Å². The first-order valence-corrected chi connectivity index (χ1v) is 7.16. The second-order valence-corrected chi connectivity index (χ2v) is 4.87. The molecule has 0 aliphatic rings. The van der Waals surface area contributed by atoms with Crippen LogP contribution >= 0.6 is 0 Å². The molecule has 2 aromatic rings. The van der Waals surface area contributed by atoms with E-state index < -0.39 is 17.5 Å². The number of nitrogens with one attached hydrogen (secondary N) is 2. The predicted octanol–water partition coefficient (Wildman–Crippen LogP) is 2.83. The van der Waals surface area contributed by atoms with Gasteiger partial charge in [-0.15, -0.1) is 0 Å². The molecule has 0 bridgehead atoms. The van der Waals surface area contributed by atoms with E-state index in [-0.39, 0.29) is 24.3 Å². The Labute approximate surface area is 137 Å². The van der Waals surface area contributed by atoms with Gasteiger partial charge in [0.25, 0.3) is 0 Å². The van der Waals surface area contributed by atoms with Crippen molar-refractivity contribution in [2.75, 3.05) is 5.32 Å². The third kappa shape index (κ3) is 5.60. The van der Waals surface area contributed by atoms with Crippen molar-refractivity contribution in [3.63, 3.8) is 0 Å². The van der Waals surface area contributed by atoms with Gasteiger partial charge < -0.3 is 5.32 Å². The van der Waals surface area contributed by atoms with Crippen LogP contribution in [-0.4, -0.2) is 18.0 Å². The molecule has 2 rings (SSSR count). The minimum Gasteiger partial charge on any atom is -0.326 e. The average molecular weight is 331 g/mol. The normalized spacial score (nSPS) is 10.6. The van der Waals surface area contributed by atoms with Crippen LogP contribution in [0.1, 0.15) is 18.4 Å². The quantitative estimate of drug-likeness (QED) is 0.631. The first-order valence-electron chi connectivity index (χ1n) is 7.16. The van der Waals surface area contributed by atoms with Crippen molar-refractivity contribution < 1.29 is 18.4 Å². The second kappa shape index (κ2) is 8.52. The van der Waals surface area contributed by atoms with E-state index in [4.69, 9.17) is 0 Å². The second-order valence-electron chi connectivity index (χ2n) is 4.87. The molecule has 0 aliphatic carbocycles. The summed E-state index contributed by atoms with van der Waals surface area (Å²) >= 11 is 0. The summed E-state index contributed by atoms with van der Waals surface area (Å²) in [4.78, 5) is 23.2. The Morgan fingerprint density at radius 2 is 1.62 bits per heavy atom. The van der Waals surface area contributed by atoms with E-state index >= 15 is 0 Å². The lowest BCUT2D eigenvalue weighted by atomic mass is 10.2. The molecule has 0 saturated carbocycles. The van der Waals surface area contributed by atoms with Gasteiger partial charge in [-0.25, -0.2) is 14.2 Å². The third-order valence-electron chi connectivity index (χ3n) is 3.01. The van der Waals surface area contributed by atoms with Gasteiger partial charge >= 0.3 is 0 Å². The number of hydrogen-bond acceptors (Lipinski definition) is 3. The molecular formula is C17H15F2N3O2. The lowest BCUT2D eigenvalue weighted by molar-refractivity contribution is -0.124. The van der Waals surface area contributed by atoms with Crippen molar-refractivity contribution in [2.45, 2.75) is 12.8 Å². The fraction of sp³-hybridized carbons (Fsp3) is 0.118. The lowest BCUT2D eigenvalue weighted by Crippen LogP contribution is -2.20. The fourth-order valence-corrected chi connectivity index (χ4v) is 1.79. The van der Waals surface area contributed by atoms with Crippen LogP contribution in [0.4, 0.5) is 14.5 Å². The Bertz CT molecular complexity index is 746. The van der Waals surface area contributed by atoms with Gasteiger partial charge in [0, 0.05) is 24.1 Å². The first kappa shape index (κ1) is 17.3. The summed E-state index contributed by atoms with van der Waals surface area (Å²) in [5.74, 6) is -1.71. The largest absolute Gasteiger partial charge is 0.326 e. The monoisotopic (exact) mass is 331 g/mol. The zero-order chi connectivity index (χ0) is 17.4. The molecule has 2 N–H and O–H groups in total. The molecule has 124 valence electrons. The van der Waals surface area contributed by atoms with Crippen molar-refractivity contribution in [3.8, 4) is 0 Å². The van der Waals surface area contributed by atoms with Crippen molar-refractivity contribution in [1.29, 1.82) is 0 Å². The Morgan fingerprint density at radius 3 is 2.33 bits per heavy atom. The van der Waals surface area contributed by atoms with E-state index in [1.54, 1.807) is 12.1 Å². The number of carbonyl (C=O) groups excluding carboxylic acids is 2. The van der Waals surface area contributed by atoms with Crippen LogP contribution in [0.15, 0.2) is 53.6 Å². The molecule has 0 aromatic heterocycles. The summed E-state index contributed by atoms with van der Waals surface area (Å²) in [6.07, 6.45) is 1.05. The molecule has 0 heterocycles. The highest BCUT2D eigenvalue weighted by Crippen LogP contribution is 2.09. The molecule has 0 atom stereocenters. The number of rotatable bonds is 6. The zero-order valence-electron chi connectivity index (χ0n) is 12.6. The molecule has 0 radical (unpaired) electrons. The summed E-state index contributed by atoms with van der Waals surface area (Å²) in [6, 6.07) is 11.3. The molecule has 0 unspecified atom stereocenters. The standard InChI is InChI=1S/C17H15F2N3O2/c18-13-5-7-14(8-6-13)21-16(23)9-10-17(24)22-20-11-12-3-1-2-4-15(12)19/h1-8,11H,9-10H2,(H,21,23)(H,22,24)/b20-11-. The first-order chi connectivity index (χ1) is 11.5. The van der Waals surface area contributed by atoms with Crippen molar-refractivity contribution in [1.82, 2.24) is 5.43 Å². The molecule has 24 heavy (non-hydrogen) atoms. The summed E-state index contributed by atoms with van der Waals surface area (Å²) in [5.41, 5.74) is 2.91. The van der Waals surface area contributed by atoms with E-state index in [1.165, 1.54) is 42.6 Å². The number of halogens is 2. The van der Waals surface area contributed by atoms with E-state index in [2.05, 4.69) is 15.8 Å². The van der Waals surface area contributed by atoms with Gasteiger partial charge in [-0.1, -0.05) is 18.2 Å². The van der Waals surface area contributed by atoms with Crippen molar-refractivity contribution in [2.24, 2.45) is 5.10 Å². The van der Waals surface area contributed by atoms with Crippen LogP contribution in [0.5, 0.6) is 0 Å². The highest BCUT2D eigenvalue weighted by molar-refractivity contribution is 5.93. The minimum absolute atomic E-state index is 0.0571. The number of hydrogen-bond donors (Lipinski definition) is 2. The third-order valence-corrected chi connectivity index (χ3v) is 3.01. The van der Waals surface area contributed by atoms with Gasteiger partial charge in [-0.3, -0.25) is 9.59 Å². The van der Waals surface area contributed by atoms with Gasteiger partial charge in [-0.2, -0.15) is 5.10 Å². The molecule has 7 heteroatoms. The zero-order valence-corrected chi connectivity index (χ0v) is 12.6. The van der Waals surface area contributed by atoms with Crippen LogP contribution in [0.3, 0.4) is 0 Å². The Hall–Kier alpha value is -3.09. The number of benzene rings is 2. The SMILES string of the molecule is O=C(CCC(=O)Nc1ccc(F)cc1)N/N=C\c1ccccc1F. The molecule has 0 saturated heterocycles. The van der Waals surface area contributed by atoms with E-state index in [9.17, 15) is 18.4 Å². The van der Waals surface area contributed by atoms with Crippen LogP contribution in [0.25, 0.3) is 0 Å². The average Bonchev–Trinajstić information content (AvgIpc) is 2.57. The molecule has 0 fully saturated rings. The van der Waals surface area contributed by atoms with E-state index in [0.29, 0.717) is 5.69 Å². The highest BCUT2D eigenvalue weighted by atomic mass is 19.1. The van der Waals surface area contributed by atoms with Gasteiger partial charge in [0.15, 0.2) is 0 Å². The highest BCUT2D eigenvalue weighted by Gasteiger charge is 2.07. The summed E-state index contributed by atoms with van der Waals surface area (Å²) < 4.78 is 26.1. The summed E-state index contributed by atoms with van der Waals surface area (Å²) in [7, 11) is 0. The van der Waals surface area contributed by atoms with Crippen molar-refractivity contribution >= 4 is 23.7 Å². The Kier molecular flexibility index (Phi) is 6.13. The van der Waals surface area contributed by atoms with Crippen LogP contribution in [0, 0.1) is 11.6 Å². The van der Waals surface area contributed by atoms with Crippen LogP contribution < -0.4 is 10.7 Å². The van der Waals surface area contributed by atoms with Crippen LogP contribution in [0.2, 0.25) is 0 Å². The fourth-order valence-electron chi connectivity index (χ4n) is 1.79. The van der Waals surface area contributed by atoms with E-state index in [0.717, 1.165) is 0 Å². The maximum absolute atomic E-state index is 13.3. The van der Waals surface area contributed by atoms with Crippen molar-refractivity contribution in [3.05, 3.63) is 65.7 Å². The maximum Gasteiger partial charge on any atom is 0.240 e. The molecule has 0 spiro atoms. The number of hydrazone groups is 1. The molecular weight excluding hydrogens is 316 g/mol. The van der Waals surface area contributed by atoms with Gasteiger partial charge in [0.05, 0.1) is 6.21 Å². The summed E-state index contributed by atoms with van der Waals surface area (Å²) in [6.45, 7) is 0. The molecule has 5 nitrogen and oxygen atoms in total. The maximum atomic E-state index is 13.3. The molecule has 0 aliphatic heterocycles. The van der Waals surface area contributed by atoms with Gasteiger partial charge in [0.1, 0.15) is 11.6 Å². The van der Waals surface area contributed by atoms with E-state index in [1.807, 2.05) is 0 Å². The predicted molar refractivity (Wildman–Crippen MR) is 86.4 cm³/mol. The number of amides is 2. The van der Waals surface area contributed by atoms with Crippen LogP contribution in [-0.2, 0) is 9.59 Å². The molecule has 2 aromatic carbocycles. The lowest BCUT2D eigenvalue weighted by Gasteiger charge is -2.04. The van der Waals surface area contributed by atoms with Gasteiger partial charge in [-0.05, 0) is 30.3 Å². The Balaban J connectivity index is 1.73. The smallest absolute Gasteiger partial charge is 0.240 e. The minimum atomic E-state index is -0.475. The number of nitrogens with zero attached hydrogens (tertiary/aromatic N) is 1. The molecule has 2 amide bonds. The summed E-state index contributed by atoms with van der Waals surface area (Å²) in [5, 5.41) is 6.18. The number of carbonyl (C=O) groups is 2. The Morgan fingerprint density at radius 1 is 0.958 bits per heavy atom.